The minimum absolute atomic E-state index is 0.756. The van der Waals surface area contributed by atoms with Crippen LogP contribution < -0.4 is 10.6 Å². The van der Waals surface area contributed by atoms with E-state index in [9.17, 15) is 0 Å². The second-order valence-corrected chi connectivity index (χ2v) is 8.82. The van der Waals surface area contributed by atoms with Crippen LogP contribution in [0.25, 0.3) is 0 Å². The van der Waals surface area contributed by atoms with Crippen LogP contribution in [0.2, 0.25) is 0 Å². The molecule has 28 heavy (non-hydrogen) atoms. The van der Waals surface area contributed by atoms with Crippen molar-refractivity contribution in [3.63, 3.8) is 0 Å². The second-order valence-electron chi connectivity index (χ2n) is 7.53. The third kappa shape index (κ3) is 6.31. The summed E-state index contributed by atoms with van der Waals surface area (Å²) in [6.07, 6.45) is 5.46. The van der Waals surface area contributed by atoms with Crippen LogP contribution in [0.1, 0.15) is 52.4 Å². The highest BCUT2D eigenvalue weighted by Crippen LogP contribution is 2.16. The maximum Gasteiger partial charge on any atom is 0.191 e. The standard InChI is InChI=1S/C22H33N5S/c1-17-21(28-18(2)26-17)15-25-22(23-3)24-14-19-8-10-20(11-9-19)16-27-12-6-4-5-7-13-27/h8-11H,4-7,12-16H2,1-3H3,(H2,23,24,25). The lowest BCUT2D eigenvalue weighted by atomic mass is 10.1. The number of aryl methyl sites for hydroxylation is 2. The Morgan fingerprint density at radius 3 is 2.25 bits per heavy atom. The fourth-order valence-corrected chi connectivity index (χ4v) is 4.50. The molecular formula is C22H33N5S. The van der Waals surface area contributed by atoms with Crippen molar-refractivity contribution >= 4 is 17.3 Å². The number of guanidine groups is 1. The summed E-state index contributed by atoms with van der Waals surface area (Å²) in [4.78, 5) is 12.7. The topological polar surface area (TPSA) is 52.6 Å². The Morgan fingerprint density at radius 1 is 1.00 bits per heavy atom. The van der Waals surface area contributed by atoms with Crippen molar-refractivity contribution in [2.75, 3.05) is 20.1 Å². The number of likely N-dealkylation sites (tertiary alicyclic amines) is 1. The Hall–Kier alpha value is -1.92. The molecule has 0 spiro atoms. The van der Waals surface area contributed by atoms with Gasteiger partial charge in [0.2, 0.25) is 0 Å². The van der Waals surface area contributed by atoms with E-state index < -0.39 is 0 Å². The minimum Gasteiger partial charge on any atom is -0.352 e. The van der Waals surface area contributed by atoms with E-state index in [0.717, 1.165) is 36.3 Å². The molecule has 1 aromatic heterocycles. The first-order valence-corrected chi connectivity index (χ1v) is 11.1. The Morgan fingerprint density at radius 2 is 1.64 bits per heavy atom. The monoisotopic (exact) mass is 399 g/mol. The van der Waals surface area contributed by atoms with Crippen molar-refractivity contribution in [2.45, 2.75) is 59.2 Å². The van der Waals surface area contributed by atoms with Crippen LogP contribution in [0.15, 0.2) is 29.3 Å². The highest BCUT2D eigenvalue weighted by atomic mass is 32.1. The summed E-state index contributed by atoms with van der Waals surface area (Å²) in [7, 11) is 1.81. The zero-order chi connectivity index (χ0) is 19.8. The van der Waals surface area contributed by atoms with Crippen LogP contribution in [0.4, 0.5) is 0 Å². The first-order chi connectivity index (χ1) is 13.6. The van der Waals surface area contributed by atoms with Gasteiger partial charge in [-0.1, -0.05) is 37.1 Å². The molecule has 1 saturated heterocycles. The van der Waals surface area contributed by atoms with Crippen molar-refractivity contribution in [1.82, 2.24) is 20.5 Å². The number of rotatable bonds is 6. The molecule has 0 bridgehead atoms. The summed E-state index contributed by atoms with van der Waals surface area (Å²) in [5, 5.41) is 7.90. The number of nitrogens with zero attached hydrogens (tertiary/aromatic N) is 3. The quantitative estimate of drug-likeness (QED) is 0.569. The van der Waals surface area contributed by atoms with Gasteiger partial charge in [-0.25, -0.2) is 4.98 Å². The Bertz CT molecular complexity index is 758. The van der Waals surface area contributed by atoms with Gasteiger partial charge in [0.15, 0.2) is 5.96 Å². The largest absolute Gasteiger partial charge is 0.352 e. The van der Waals surface area contributed by atoms with Gasteiger partial charge in [-0.05, 0) is 50.9 Å². The van der Waals surface area contributed by atoms with Gasteiger partial charge in [0, 0.05) is 25.0 Å². The van der Waals surface area contributed by atoms with Gasteiger partial charge in [0.25, 0.3) is 0 Å². The molecule has 2 heterocycles. The lowest BCUT2D eigenvalue weighted by Crippen LogP contribution is -2.36. The number of aliphatic imine (C=N–C) groups is 1. The molecule has 0 amide bonds. The molecule has 0 radical (unpaired) electrons. The highest BCUT2D eigenvalue weighted by molar-refractivity contribution is 7.11. The molecule has 0 atom stereocenters. The van der Waals surface area contributed by atoms with Crippen LogP contribution in [0.5, 0.6) is 0 Å². The Labute approximate surface area is 173 Å². The number of thiazole rings is 1. The number of aromatic nitrogens is 1. The molecule has 1 aromatic carbocycles. The molecule has 0 saturated carbocycles. The predicted molar refractivity (Wildman–Crippen MR) is 119 cm³/mol. The maximum atomic E-state index is 4.48. The second kappa shape index (κ2) is 10.6. The van der Waals surface area contributed by atoms with Gasteiger partial charge in [-0.3, -0.25) is 9.89 Å². The number of benzene rings is 1. The molecule has 2 aromatic rings. The van der Waals surface area contributed by atoms with Crippen LogP contribution in [-0.2, 0) is 19.6 Å². The van der Waals surface area contributed by atoms with Gasteiger partial charge in [0.05, 0.1) is 17.2 Å². The molecule has 2 N–H and O–H groups in total. The van der Waals surface area contributed by atoms with Gasteiger partial charge in [-0.15, -0.1) is 11.3 Å². The van der Waals surface area contributed by atoms with E-state index in [4.69, 9.17) is 0 Å². The normalized spacial score (nSPS) is 16.0. The van der Waals surface area contributed by atoms with Gasteiger partial charge >= 0.3 is 0 Å². The summed E-state index contributed by atoms with van der Waals surface area (Å²) < 4.78 is 0. The molecule has 1 aliphatic heterocycles. The van der Waals surface area contributed by atoms with Crippen molar-refractivity contribution < 1.29 is 0 Å². The van der Waals surface area contributed by atoms with E-state index in [2.05, 4.69) is 56.7 Å². The molecular weight excluding hydrogens is 366 g/mol. The minimum atomic E-state index is 0.756. The number of nitrogens with one attached hydrogen (secondary N) is 2. The molecule has 6 heteroatoms. The third-order valence-corrected chi connectivity index (χ3v) is 6.30. The molecule has 0 unspecified atom stereocenters. The van der Waals surface area contributed by atoms with E-state index >= 15 is 0 Å². The zero-order valence-electron chi connectivity index (χ0n) is 17.4. The average molecular weight is 400 g/mol. The highest BCUT2D eigenvalue weighted by Gasteiger charge is 2.09. The van der Waals surface area contributed by atoms with Crippen molar-refractivity contribution in [3.05, 3.63) is 51.0 Å². The lowest BCUT2D eigenvalue weighted by Gasteiger charge is -2.20. The van der Waals surface area contributed by atoms with Crippen molar-refractivity contribution in [2.24, 2.45) is 4.99 Å². The van der Waals surface area contributed by atoms with Crippen LogP contribution in [0, 0.1) is 13.8 Å². The molecule has 3 rings (SSSR count). The zero-order valence-corrected chi connectivity index (χ0v) is 18.2. The van der Waals surface area contributed by atoms with Crippen LogP contribution in [-0.4, -0.2) is 36.0 Å². The van der Waals surface area contributed by atoms with Crippen molar-refractivity contribution in [1.29, 1.82) is 0 Å². The predicted octanol–water partition coefficient (Wildman–Crippen LogP) is 4.00. The molecule has 1 aliphatic rings. The summed E-state index contributed by atoms with van der Waals surface area (Å²) >= 11 is 1.74. The maximum absolute atomic E-state index is 4.48. The first-order valence-electron chi connectivity index (χ1n) is 10.3. The molecule has 0 aliphatic carbocycles. The van der Waals surface area contributed by atoms with Crippen LogP contribution in [0.3, 0.4) is 0 Å². The van der Waals surface area contributed by atoms with Gasteiger partial charge in [0.1, 0.15) is 0 Å². The average Bonchev–Trinajstić information content (AvgIpc) is 2.87. The molecule has 5 nitrogen and oxygen atoms in total. The van der Waals surface area contributed by atoms with E-state index in [1.54, 1.807) is 11.3 Å². The third-order valence-electron chi connectivity index (χ3n) is 5.23. The summed E-state index contributed by atoms with van der Waals surface area (Å²) in [6.45, 7) is 9.18. The Balaban J connectivity index is 1.45. The fourth-order valence-electron chi connectivity index (χ4n) is 3.62. The van der Waals surface area contributed by atoms with E-state index in [1.165, 1.54) is 54.8 Å². The Kier molecular flexibility index (Phi) is 7.86. The van der Waals surface area contributed by atoms with Gasteiger partial charge < -0.3 is 10.6 Å². The SMILES string of the molecule is CN=C(NCc1ccc(CN2CCCCCC2)cc1)NCc1sc(C)nc1C. The summed E-state index contributed by atoms with van der Waals surface area (Å²) in [6, 6.07) is 8.98. The summed E-state index contributed by atoms with van der Waals surface area (Å²) in [5.74, 6) is 0.819. The first kappa shape index (κ1) is 20.8. The fraction of sp³-hybridized carbons (Fsp3) is 0.545. The molecule has 1 fully saturated rings. The van der Waals surface area contributed by atoms with E-state index in [-0.39, 0.29) is 0 Å². The smallest absolute Gasteiger partial charge is 0.191 e. The number of hydrogen-bond acceptors (Lipinski definition) is 4. The van der Waals surface area contributed by atoms with Crippen LogP contribution >= 0.6 is 11.3 Å². The van der Waals surface area contributed by atoms with Crippen molar-refractivity contribution in [3.8, 4) is 0 Å². The lowest BCUT2D eigenvalue weighted by molar-refractivity contribution is 0.277. The number of hydrogen-bond donors (Lipinski definition) is 2. The molecule has 152 valence electrons. The summed E-state index contributed by atoms with van der Waals surface area (Å²) in [5.41, 5.74) is 3.78. The van der Waals surface area contributed by atoms with Gasteiger partial charge in [-0.2, -0.15) is 0 Å². The van der Waals surface area contributed by atoms with E-state index in [0.29, 0.717) is 0 Å². The van der Waals surface area contributed by atoms with E-state index in [1.807, 2.05) is 14.0 Å².